The van der Waals surface area contributed by atoms with E-state index in [1.54, 1.807) is 22.4 Å². The molecule has 5 nitrogen and oxygen atoms in total. The summed E-state index contributed by atoms with van der Waals surface area (Å²) in [7, 11) is -3.77. The molecule has 0 saturated carbocycles. The Hall–Kier alpha value is -2.48. The minimum Gasteiger partial charge on any atom is -0.337 e. The SMILES string of the molecule is CCN(Cc1ccccc1)C(=O)C(Cc1ccccc1)NS(=O)(=O)c1cccs1. The molecule has 0 saturated heterocycles. The molecule has 3 rings (SSSR count). The molecular weight excluding hydrogens is 404 g/mol. The summed E-state index contributed by atoms with van der Waals surface area (Å²) in [6, 6.07) is 21.5. The van der Waals surface area contributed by atoms with E-state index in [1.165, 1.54) is 0 Å². The third kappa shape index (κ3) is 5.76. The summed E-state index contributed by atoms with van der Waals surface area (Å²) in [6.45, 7) is 2.82. The van der Waals surface area contributed by atoms with Crippen molar-refractivity contribution in [3.63, 3.8) is 0 Å². The maximum Gasteiger partial charge on any atom is 0.250 e. The molecule has 2 aromatic carbocycles. The molecule has 0 aliphatic carbocycles. The molecule has 0 aliphatic rings. The first-order chi connectivity index (χ1) is 14.0. The molecule has 1 amide bonds. The first-order valence-corrected chi connectivity index (χ1v) is 11.8. The monoisotopic (exact) mass is 428 g/mol. The molecule has 0 bridgehead atoms. The number of hydrogen-bond acceptors (Lipinski definition) is 4. The van der Waals surface area contributed by atoms with Crippen molar-refractivity contribution in [1.82, 2.24) is 9.62 Å². The molecule has 1 N–H and O–H groups in total. The number of carbonyl (C=O) groups is 1. The summed E-state index contributed by atoms with van der Waals surface area (Å²) in [6.07, 6.45) is 0.287. The van der Waals surface area contributed by atoms with Crippen LogP contribution in [0.15, 0.2) is 82.4 Å². The van der Waals surface area contributed by atoms with Crippen molar-refractivity contribution in [3.8, 4) is 0 Å². The zero-order valence-electron chi connectivity index (χ0n) is 16.2. The maximum absolute atomic E-state index is 13.3. The van der Waals surface area contributed by atoms with E-state index in [0.29, 0.717) is 13.1 Å². The highest BCUT2D eigenvalue weighted by Crippen LogP contribution is 2.18. The maximum atomic E-state index is 13.3. The van der Waals surface area contributed by atoms with Crippen LogP contribution in [-0.2, 0) is 27.8 Å². The van der Waals surface area contributed by atoms with E-state index in [2.05, 4.69) is 4.72 Å². The fourth-order valence-corrected chi connectivity index (χ4v) is 5.26. The smallest absolute Gasteiger partial charge is 0.250 e. The van der Waals surface area contributed by atoms with Crippen LogP contribution in [0, 0.1) is 0 Å². The number of sulfonamides is 1. The average molecular weight is 429 g/mol. The van der Waals surface area contributed by atoms with Gasteiger partial charge >= 0.3 is 0 Å². The summed E-state index contributed by atoms with van der Waals surface area (Å²) in [5.41, 5.74) is 1.90. The molecule has 0 aliphatic heterocycles. The highest BCUT2D eigenvalue weighted by atomic mass is 32.2. The van der Waals surface area contributed by atoms with Crippen molar-refractivity contribution in [2.45, 2.75) is 30.1 Å². The number of rotatable bonds is 9. The van der Waals surface area contributed by atoms with Gasteiger partial charge in [0.15, 0.2) is 0 Å². The fourth-order valence-electron chi connectivity index (χ4n) is 3.06. The molecule has 29 heavy (non-hydrogen) atoms. The van der Waals surface area contributed by atoms with Gasteiger partial charge in [0, 0.05) is 13.1 Å². The van der Waals surface area contributed by atoms with E-state index in [4.69, 9.17) is 0 Å². The van der Waals surface area contributed by atoms with E-state index >= 15 is 0 Å². The first-order valence-electron chi connectivity index (χ1n) is 9.42. The van der Waals surface area contributed by atoms with Crippen LogP contribution >= 0.6 is 11.3 Å². The molecular formula is C22H24N2O3S2. The van der Waals surface area contributed by atoms with E-state index in [1.807, 2.05) is 67.6 Å². The summed E-state index contributed by atoms with van der Waals surface area (Å²) in [5, 5.41) is 1.70. The Balaban J connectivity index is 1.85. The van der Waals surface area contributed by atoms with Gasteiger partial charge in [-0.15, -0.1) is 11.3 Å². The molecule has 1 aromatic heterocycles. The average Bonchev–Trinajstić information content (AvgIpc) is 3.28. The molecule has 3 aromatic rings. The normalized spacial score (nSPS) is 12.4. The van der Waals surface area contributed by atoms with Crippen LogP contribution in [0.5, 0.6) is 0 Å². The summed E-state index contributed by atoms with van der Waals surface area (Å²) >= 11 is 1.13. The van der Waals surface area contributed by atoms with Crippen LogP contribution in [0.2, 0.25) is 0 Å². The molecule has 1 unspecified atom stereocenters. The number of carbonyl (C=O) groups excluding carboxylic acids is 1. The van der Waals surface area contributed by atoms with Gasteiger partial charge in [0.25, 0.3) is 10.0 Å². The van der Waals surface area contributed by atoms with Gasteiger partial charge in [0.1, 0.15) is 10.3 Å². The Bertz CT molecular complexity index is 1000. The number of nitrogens with zero attached hydrogens (tertiary/aromatic N) is 1. The van der Waals surface area contributed by atoms with Gasteiger partial charge in [-0.05, 0) is 35.9 Å². The Morgan fingerprint density at radius 1 is 0.966 bits per heavy atom. The van der Waals surface area contributed by atoms with E-state index < -0.39 is 16.1 Å². The Morgan fingerprint density at radius 3 is 2.14 bits per heavy atom. The van der Waals surface area contributed by atoms with Gasteiger partial charge in [-0.25, -0.2) is 8.42 Å². The van der Waals surface area contributed by atoms with Crippen LogP contribution in [0.1, 0.15) is 18.1 Å². The van der Waals surface area contributed by atoms with Crippen molar-refractivity contribution in [1.29, 1.82) is 0 Å². The zero-order valence-corrected chi connectivity index (χ0v) is 17.8. The predicted octanol–water partition coefficient (Wildman–Crippen LogP) is 3.69. The van der Waals surface area contributed by atoms with Crippen LogP contribution < -0.4 is 4.72 Å². The number of nitrogens with one attached hydrogen (secondary N) is 1. The van der Waals surface area contributed by atoms with Crippen LogP contribution in [0.25, 0.3) is 0 Å². The second kappa shape index (κ2) is 9.82. The van der Waals surface area contributed by atoms with Crippen LogP contribution in [-0.4, -0.2) is 31.8 Å². The lowest BCUT2D eigenvalue weighted by Crippen LogP contribution is -2.49. The first kappa shape index (κ1) is 21.2. The minimum atomic E-state index is -3.77. The summed E-state index contributed by atoms with van der Waals surface area (Å²) < 4.78 is 28.4. The quantitative estimate of drug-likeness (QED) is 0.565. The third-order valence-corrected chi connectivity index (χ3v) is 7.42. The highest BCUT2D eigenvalue weighted by molar-refractivity contribution is 7.91. The van der Waals surface area contributed by atoms with E-state index in [9.17, 15) is 13.2 Å². The van der Waals surface area contributed by atoms with Crippen LogP contribution in [0.4, 0.5) is 0 Å². The number of amides is 1. The Morgan fingerprint density at radius 2 is 1.59 bits per heavy atom. The number of hydrogen-bond donors (Lipinski definition) is 1. The molecule has 0 fully saturated rings. The minimum absolute atomic E-state index is 0.203. The topological polar surface area (TPSA) is 66.5 Å². The highest BCUT2D eigenvalue weighted by Gasteiger charge is 2.29. The molecule has 1 atom stereocenters. The van der Waals surface area contributed by atoms with Gasteiger partial charge in [-0.3, -0.25) is 4.79 Å². The molecule has 0 spiro atoms. The second-order valence-corrected chi connectivity index (χ2v) is 9.52. The summed E-state index contributed by atoms with van der Waals surface area (Å²) in [5.74, 6) is -0.236. The van der Waals surface area contributed by atoms with Gasteiger partial charge in [-0.1, -0.05) is 66.7 Å². The Labute approximate surface area is 176 Å². The van der Waals surface area contributed by atoms with E-state index in [-0.39, 0.29) is 16.5 Å². The lowest BCUT2D eigenvalue weighted by molar-refractivity contribution is -0.133. The molecule has 152 valence electrons. The molecule has 1 heterocycles. The van der Waals surface area contributed by atoms with Crippen molar-refractivity contribution < 1.29 is 13.2 Å². The zero-order chi connectivity index (χ0) is 20.7. The standard InChI is InChI=1S/C22H24N2O3S2/c1-2-24(17-19-12-7-4-8-13-19)22(25)20(16-18-10-5-3-6-11-18)23-29(26,27)21-14-9-15-28-21/h3-15,20,23H,2,16-17H2,1H3. The van der Waals surface area contributed by atoms with Gasteiger partial charge in [-0.2, -0.15) is 4.72 Å². The van der Waals surface area contributed by atoms with E-state index in [0.717, 1.165) is 22.5 Å². The van der Waals surface area contributed by atoms with Crippen molar-refractivity contribution >= 4 is 27.3 Å². The molecule has 0 radical (unpaired) electrons. The number of likely N-dealkylation sites (N-methyl/N-ethyl adjacent to an activating group) is 1. The second-order valence-electron chi connectivity index (χ2n) is 6.63. The van der Waals surface area contributed by atoms with Gasteiger partial charge in [0.05, 0.1) is 0 Å². The predicted molar refractivity (Wildman–Crippen MR) is 116 cm³/mol. The lowest BCUT2D eigenvalue weighted by Gasteiger charge is -2.27. The van der Waals surface area contributed by atoms with Crippen molar-refractivity contribution in [3.05, 3.63) is 89.3 Å². The Kier molecular flexibility index (Phi) is 7.19. The van der Waals surface area contributed by atoms with Gasteiger partial charge < -0.3 is 4.90 Å². The van der Waals surface area contributed by atoms with Crippen molar-refractivity contribution in [2.75, 3.05) is 6.54 Å². The number of thiophene rings is 1. The molecule has 7 heteroatoms. The fraction of sp³-hybridized carbons (Fsp3) is 0.227. The van der Waals surface area contributed by atoms with Crippen molar-refractivity contribution in [2.24, 2.45) is 0 Å². The summed E-state index contributed by atoms with van der Waals surface area (Å²) in [4.78, 5) is 15.0. The third-order valence-electron chi connectivity index (χ3n) is 4.55. The van der Waals surface area contributed by atoms with Gasteiger partial charge in [0.2, 0.25) is 5.91 Å². The number of benzene rings is 2. The largest absolute Gasteiger partial charge is 0.337 e. The lowest BCUT2D eigenvalue weighted by atomic mass is 10.1. The van der Waals surface area contributed by atoms with Crippen LogP contribution in [0.3, 0.4) is 0 Å².